The Hall–Kier alpha value is -0.900. The number of halogens is 2. The summed E-state index contributed by atoms with van der Waals surface area (Å²) in [6.07, 6.45) is 0. The minimum atomic E-state index is -0.376. The monoisotopic (exact) mass is 283 g/mol. The Kier molecular flexibility index (Phi) is 4.38. The second-order valence-electron chi connectivity index (χ2n) is 4.30. The summed E-state index contributed by atoms with van der Waals surface area (Å²) in [5.41, 5.74) is 0.991. The van der Waals surface area contributed by atoms with Crippen LogP contribution in [0.15, 0.2) is 35.7 Å². The van der Waals surface area contributed by atoms with Gasteiger partial charge in [0.15, 0.2) is 0 Å². The highest BCUT2D eigenvalue weighted by Gasteiger charge is 2.13. The maximum absolute atomic E-state index is 13.1. The van der Waals surface area contributed by atoms with Crippen LogP contribution in [0.2, 0.25) is 5.02 Å². The molecule has 2 aromatic rings. The van der Waals surface area contributed by atoms with E-state index in [0.29, 0.717) is 0 Å². The van der Waals surface area contributed by atoms with Crippen LogP contribution in [-0.4, -0.2) is 0 Å². The average Bonchev–Trinajstić information content (AvgIpc) is 2.86. The molecule has 2 rings (SSSR count). The molecule has 1 N–H and O–H groups in total. The quantitative estimate of drug-likeness (QED) is 0.837. The topological polar surface area (TPSA) is 12.0 Å². The number of thiophene rings is 1. The van der Waals surface area contributed by atoms with Crippen LogP contribution in [0.3, 0.4) is 0 Å². The number of rotatable bonds is 4. The Morgan fingerprint density at radius 1 is 1.22 bits per heavy atom. The first kappa shape index (κ1) is 13.5. The fraction of sp³-hybridized carbons (Fsp3) is 0.286. The average molecular weight is 284 g/mol. The van der Waals surface area contributed by atoms with E-state index in [9.17, 15) is 4.39 Å². The normalized spacial score (nSPS) is 14.4. The summed E-state index contributed by atoms with van der Waals surface area (Å²) in [6.45, 7) is 4.17. The van der Waals surface area contributed by atoms with Gasteiger partial charge in [0.1, 0.15) is 5.82 Å². The molecule has 0 spiro atoms. The van der Waals surface area contributed by atoms with Crippen molar-refractivity contribution in [2.75, 3.05) is 0 Å². The fourth-order valence-corrected chi connectivity index (χ4v) is 2.81. The Bertz CT molecular complexity index is 513. The molecule has 0 amide bonds. The van der Waals surface area contributed by atoms with E-state index in [-0.39, 0.29) is 22.9 Å². The second-order valence-corrected chi connectivity index (χ2v) is 5.69. The first-order valence-electron chi connectivity index (χ1n) is 5.82. The lowest BCUT2D eigenvalue weighted by Gasteiger charge is -2.19. The molecule has 0 aliphatic carbocycles. The molecule has 0 fully saturated rings. The summed E-state index contributed by atoms with van der Waals surface area (Å²) in [6, 6.07) is 9.38. The Labute approximate surface area is 116 Å². The first-order valence-corrected chi connectivity index (χ1v) is 7.08. The van der Waals surface area contributed by atoms with Crippen LogP contribution >= 0.6 is 22.9 Å². The maximum atomic E-state index is 13.1. The smallest absolute Gasteiger partial charge is 0.141 e. The Balaban J connectivity index is 2.07. The van der Waals surface area contributed by atoms with Gasteiger partial charge in [-0.3, -0.25) is 0 Å². The lowest BCUT2D eigenvalue weighted by atomic mass is 10.1. The highest BCUT2D eigenvalue weighted by atomic mass is 35.5. The third kappa shape index (κ3) is 3.10. The molecular formula is C14H15ClFNS. The summed E-state index contributed by atoms with van der Waals surface area (Å²) in [7, 11) is 0. The zero-order chi connectivity index (χ0) is 13.1. The van der Waals surface area contributed by atoms with E-state index in [1.165, 1.54) is 10.9 Å². The van der Waals surface area contributed by atoms with Gasteiger partial charge in [-0.15, -0.1) is 11.3 Å². The van der Waals surface area contributed by atoms with Gasteiger partial charge in [0.2, 0.25) is 0 Å². The highest BCUT2D eigenvalue weighted by molar-refractivity contribution is 7.10. The molecule has 0 bridgehead atoms. The van der Waals surface area contributed by atoms with Gasteiger partial charge in [-0.25, -0.2) is 4.39 Å². The van der Waals surface area contributed by atoms with E-state index in [1.807, 2.05) is 13.0 Å². The van der Waals surface area contributed by atoms with Crippen molar-refractivity contribution in [3.05, 3.63) is 57.0 Å². The molecule has 0 saturated carbocycles. The highest BCUT2D eigenvalue weighted by Crippen LogP contribution is 2.25. The molecule has 1 aromatic heterocycles. The van der Waals surface area contributed by atoms with Crippen molar-refractivity contribution in [1.29, 1.82) is 0 Å². The predicted octanol–water partition coefficient (Wildman–Crippen LogP) is 4.95. The molecule has 2 atom stereocenters. The van der Waals surface area contributed by atoms with Crippen LogP contribution in [-0.2, 0) is 0 Å². The molecule has 0 aliphatic heterocycles. The van der Waals surface area contributed by atoms with E-state index in [2.05, 4.69) is 23.7 Å². The summed E-state index contributed by atoms with van der Waals surface area (Å²) >= 11 is 7.52. The van der Waals surface area contributed by atoms with Crippen molar-refractivity contribution in [2.45, 2.75) is 25.9 Å². The second kappa shape index (κ2) is 5.83. The van der Waals surface area contributed by atoms with Gasteiger partial charge in [-0.1, -0.05) is 23.7 Å². The Morgan fingerprint density at radius 3 is 2.61 bits per heavy atom. The molecule has 4 heteroatoms. The zero-order valence-corrected chi connectivity index (χ0v) is 11.9. The summed E-state index contributed by atoms with van der Waals surface area (Å²) < 4.78 is 13.1. The fourth-order valence-electron chi connectivity index (χ4n) is 1.87. The first-order chi connectivity index (χ1) is 8.58. The van der Waals surface area contributed by atoms with Crippen LogP contribution in [0.25, 0.3) is 0 Å². The Morgan fingerprint density at radius 2 is 2.00 bits per heavy atom. The zero-order valence-electron chi connectivity index (χ0n) is 10.3. The van der Waals surface area contributed by atoms with Gasteiger partial charge < -0.3 is 5.32 Å². The van der Waals surface area contributed by atoms with Gasteiger partial charge in [0.25, 0.3) is 0 Å². The summed E-state index contributed by atoms with van der Waals surface area (Å²) in [5, 5.41) is 5.71. The van der Waals surface area contributed by atoms with Gasteiger partial charge in [0.05, 0.1) is 5.02 Å². The largest absolute Gasteiger partial charge is 0.303 e. The summed E-state index contributed by atoms with van der Waals surface area (Å²) in [5.74, 6) is -0.376. The van der Waals surface area contributed by atoms with Crippen molar-refractivity contribution < 1.29 is 4.39 Å². The van der Waals surface area contributed by atoms with E-state index in [4.69, 9.17) is 11.6 Å². The summed E-state index contributed by atoms with van der Waals surface area (Å²) in [4.78, 5) is 1.29. The van der Waals surface area contributed by atoms with Crippen LogP contribution in [0.4, 0.5) is 4.39 Å². The van der Waals surface area contributed by atoms with E-state index in [1.54, 1.807) is 23.5 Å². The van der Waals surface area contributed by atoms with Crippen molar-refractivity contribution in [3.63, 3.8) is 0 Å². The molecule has 0 aliphatic rings. The van der Waals surface area contributed by atoms with Crippen LogP contribution in [0.5, 0.6) is 0 Å². The van der Waals surface area contributed by atoms with E-state index in [0.717, 1.165) is 5.56 Å². The minimum Gasteiger partial charge on any atom is -0.303 e. The van der Waals surface area contributed by atoms with Crippen LogP contribution in [0, 0.1) is 5.82 Å². The molecule has 18 heavy (non-hydrogen) atoms. The SMILES string of the molecule is CC(N[C@@H](C)c1cccs1)c1ccc(F)c(Cl)c1. The number of benzene rings is 1. The van der Waals surface area contributed by atoms with Crippen LogP contribution in [0.1, 0.15) is 36.4 Å². The van der Waals surface area contributed by atoms with Gasteiger partial charge >= 0.3 is 0 Å². The van der Waals surface area contributed by atoms with Crippen molar-refractivity contribution in [1.82, 2.24) is 5.32 Å². The molecular weight excluding hydrogens is 269 g/mol. The third-order valence-electron chi connectivity index (χ3n) is 2.91. The molecule has 1 nitrogen and oxygen atoms in total. The van der Waals surface area contributed by atoms with E-state index < -0.39 is 0 Å². The lowest BCUT2D eigenvalue weighted by molar-refractivity contribution is 0.499. The van der Waals surface area contributed by atoms with Gasteiger partial charge in [0, 0.05) is 17.0 Å². The van der Waals surface area contributed by atoms with Gasteiger partial charge in [-0.05, 0) is 43.0 Å². The number of hydrogen-bond donors (Lipinski definition) is 1. The standard InChI is InChI=1S/C14H15ClFNS/c1-9(11-5-6-13(16)12(15)8-11)17-10(2)14-4-3-7-18-14/h3-10,17H,1-2H3/t9?,10-/m0/s1. The molecule has 96 valence electrons. The maximum Gasteiger partial charge on any atom is 0.141 e. The molecule has 1 aromatic carbocycles. The molecule has 1 heterocycles. The molecule has 1 unspecified atom stereocenters. The van der Waals surface area contributed by atoms with Crippen molar-refractivity contribution >= 4 is 22.9 Å². The number of hydrogen-bond acceptors (Lipinski definition) is 2. The molecule has 0 saturated heterocycles. The van der Waals surface area contributed by atoms with Crippen molar-refractivity contribution in [3.8, 4) is 0 Å². The minimum absolute atomic E-state index is 0.125. The molecule has 0 radical (unpaired) electrons. The van der Waals surface area contributed by atoms with Crippen molar-refractivity contribution in [2.24, 2.45) is 0 Å². The number of nitrogens with one attached hydrogen (secondary N) is 1. The van der Waals surface area contributed by atoms with E-state index >= 15 is 0 Å². The lowest BCUT2D eigenvalue weighted by Crippen LogP contribution is -2.21. The van der Waals surface area contributed by atoms with Gasteiger partial charge in [-0.2, -0.15) is 0 Å². The third-order valence-corrected chi connectivity index (χ3v) is 4.26. The van der Waals surface area contributed by atoms with Crippen LogP contribution < -0.4 is 5.32 Å². The predicted molar refractivity (Wildman–Crippen MR) is 75.7 cm³/mol.